The molecule has 0 spiro atoms. The molecule has 1 aromatic rings. The summed E-state index contributed by atoms with van der Waals surface area (Å²) < 4.78 is 0. The Morgan fingerprint density at radius 2 is 2.08 bits per heavy atom. The summed E-state index contributed by atoms with van der Waals surface area (Å²) in [5.74, 6) is -0.862. The third-order valence-corrected chi connectivity index (χ3v) is 6.27. The quantitative estimate of drug-likeness (QED) is 0.794. The number of aliphatic carboxylic acids is 1. The number of anilines is 1. The fraction of sp³-hybridized carbons (Fsp3) is 0.526. The number of thioether (sulfide) groups is 1. The van der Waals surface area contributed by atoms with Crippen molar-refractivity contribution in [3.05, 3.63) is 29.8 Å². The molecule has 2 amide bonds. The maximum absolute atomic E-state index is 12.6. The Bertz CT molecular complexity index is 698. The van der Waals surface area contributed by atoms with Crippen LogP contribution >= 0.6 is 11.8 Å². The summed E-state index contributed by atoms with van der Waals surface area (Å²) in [6.07, 6.45) is 2.59. The van der Waals surface area contributed by atoms with Crippen LogP contribution in [-0.2, 0) is 20.8 Å². The van der Waals surface area contributed by atoms with Crippen molar-refractivity contribution in [2.24, 2.45) is 5.92 Å². The topological polar surface area (TPSA) is 86.7 Å². The first-order valence-corrected chi connectivity index (χ1v) is 10.1. The molecule has 2 N–H and O–H groups in total. The van der Waals surface area contributed by atoms with Crippen LogP contribution in [0.15, 0.2) is 24.3 Å². The van der Waals surface area contributed by atoms with E-state index in [4.69, 9.17) is 0 Å². The number of hydrogen-bond acceptors (Lipinski definition) is 4. The number of carboxylic acids is 1. The van der Waals surface area contributed by atoms with Gasteiger partial charge in [-0.05, 0) is 36.3 Å². The zero-order valence-electron chi connectivity index (χ0n) is 14.9. The molecule has 2 aliphatic rings. The Morgan fingerprint density at radius 1 is 1.35 bits per heavy atom. The van der Waals surface area contributed by atoms with Crippen molar-refractivity contribution in [3.8, 4) is 0 Å². The summed E-state index contributed by atoms with van der Waals surface area (Å²) in [4.78, 5) is 38.2. The van der Waals surface area contributed by atoms with Crippen LogP contribution in [-0.4, -0.2) is 46.5 Å². The Labute approximate surface area is 157 Å². The van der Waals surface area contributed by atoms with Gasteiger partial charge >= 0.3 is 5.97 Å². The predicted molar refractivity (Wildman–Crippen MR) is 101 cm³/mol. The van der Waals surface area contributed by atoms with E-state index in [1.807, 2.05) is 24.3 Å². The lowest BCUT2D eigenvalue weighted by Gasteiger charge is -2.26. The average Bonchev–Trinajstić information content (AvgIpc) is 3.24. The Hall–Kier alpha value is -2.02. The first kappa shape index (κ1) is 18.8. The lowest BCUT2D eigenvalue weighted by molar-refractivity contribution is -0.147. The molecule has 140 valence electrons. The second kappa shape index (κ2) is 7.70. The molecule has 1 aromatic carbocycles. The second-order valence-corrected chi connectivity index (χ2v) is 8.11. The van der Waals surface area contributed by atoms with Gasteiger partial charge in [0, 0.05) is 24.4 Å². The van der Waals surface area contributed by atoms with E-state index in [2.05, 4.69) is 12.2 Å². The lowest BCUT2D eigenvalue weighted by Crippen LogP contribution is -2.56. The van der Waals surface area contributed by atoms with Crippen LogP contribution in [0.5, 0.6) is 0 Å². The van der Waals surface area contributed by atoms with Gasteiger partial charge in [-0.25, -0.2) is 4.79 Å². The van der Waals surface area contributed by atoms with Crippen molar-refractivity contribution in [2.45, 2.75) is 38.1 Å². The molecule has 6 nitrogen and oxygen atoms in total. The number of rotatable bonds is 6. The molecule has 0 aliphatic carbocycles. The largest absolute Gasteiger partial charge is 0.479 e. The zero-order valence-corrected chi connectivity index (χ0v) is 15.7. The van der Waals surface area contributed by atoms with E-state index in [-0.39, 0.29) is 18.2 Å². The number of carboxylic acid groups (broad SMARTS) is 1. The number of carbonyl (C=O) groups is 3. The summed E-state index contributed by atoms with van der Waals surface area (Å²) in [5, 5.41) is 12.2. The standard InChI is InChI=1S/C19H24N2O4S/c1-2-3-13-4-6-15(7-5-13)21-11-14(10-16(21)22)17(23)20-19(18(24)25)8-9-26-12-19/h4-7,14H,2-3,8-12H2,1H3,(H,20,23)(H,24,25). The predicted octanol–water partition coefficient (Wildman–Crippen LogP) is 2.07. The molecule has 0 radical (unpaired) electrons. The van der Waals surface area contributed by atoms with Gasteiger partial charge in [0.2, 0.25) is 11.8 Å². The molecule has 2 saturated heterocycles. The van der Waals surface area contributed by atoms with Crippen LogP contribution in [0.1, 0.15) is 31.7 Å². The highest BCUT2D eigenvalue weighted by molar-refractivity contribution is 7.99. The number of amides is 2. The third-order valence-electron chi connectivity index (χ3n) is 5.08. The van der Waals surface area contributed by atoms with Crippen LogP contribution in [0.4, 0.5) is 5.69 Å². The molecule has 2 atom stereocenters. The highest BCUT2D eigenvalue weighted by atomic mass is 32.2. The molecule has 0 saturated carbocycles. The molecule has 0 aromatic heterocycles. The fourth-order valence-corrected chi connectivity index (χ4v) is 4.81. The van der Waals surface area contributed by atoms with E-state index in [9.17, 15) is 19.5 Å². The molecular formula is C19H24N2O4S. The minimum absolute atomic E-state index is 0.0986. The molecule has 2 fully saturated rings. The van der Waals surface area contributed by atoms with Crippen molar-refractivity contribution >= 4 is 35.2 Å². The van der Waals surface area contributed by atoms with E-state index in [0.29, 0.717) is 24.5 Å². The van der Waals surface area contributed by atoms with Gasteiger partial charge in [0.1, 0.15) is 5.54 Å². The first-order valence-electron chi connectivity index (χ1n) is 8.97. The Morgan fingerprint density at radius 3 is 2.65 bits per heavy atom. The van der Waals surface area contributed by atoms with Gasteiger partial charge in [0.15, 0.2) is 0 Å². The van der Waals surface area contributed by atoms with Gasteiger partial charge < -0.3 is 15.3 Å². The van der Waals surface area contributed by atoms with E-state index >= 15 is 0 Å². The molecule has 2 aliphatic heterocycles. The number of benzene rings is 1. The van der Waals surface area contributed by atoms with Crippen LogP contribution in [0.2, 0.25) is 0 Å². The Balaban J connectivity index is 1.67. The summed E-state index contributed by atoms with van der Waals surface area (Å²) >= 11 is 1.52. The van der Waals surface area contributed by atoms with Crippen LogP contribution < -0.4 is 10.2 Å². The summed E-state index contributed by atoms with van der Waals surface area (Å²) in [5.41, 5.74) is 0.814. The number of nitrogens with zero attached hydrogens (tertiary/aromatic N) is 1. The van der Waals surface area contributed by atoms with Crippen molar-refractivity contribution in [2.75, 3.05) is 23.0 Å². The number of carbonyl (C=O) groups excluding carboxylic acids is 2. The van der Waals surface area contributed by atoms with E-state index in [0.717, 1.165) is 18.5 Å². The number of hydrogen-bond donors (Lipinski definition) is 2. The highest BCUT2D eigenvalue weighted by Gasteiger charge is 2.45. The zero-order chi connectivity index (χ0) is 18.7. The average molecular weight is 376 g/mol. The van der Waals surface area contributed by atoms with Gasteiger partial charge in [-0.1, -0.05) is 25.5 Å². The van der Waals surface area contributed by atoms with E-state index in [1.54, 1.807) is 4.90 Å². The molecular weight excluding hydrogens is 352 g/mol. The van der Waals surface area contributed by atoms with Gasteiger partial charge in [-0.2, -0.15) is 11.8 Å². The summed E-state index contributed by atoms with van der Waals surface area (Å²) in [7, 11) is 0. The molecule has 26 heavy (non-hydrogen) atoms. The van der Waals surface area contributed by atoms with Crippen LogP contribution in [0.3, 0.4) is 0 Å². The van der Waals surface area contributed by atoms with Crippen LogP contribution in [0.25, 0.3) is 0 Å². The van der Waals surface area contributed by atoms with Crippen molar-refractivity contribution in [3.63, 3.8) is 0 Å². The van der Waals surface area contributed by atoms with Crippen molar-refractivity contribution in [1.82, 2.24) is 5.32 Å². The molecule has 2 heterocycles. The van der Waals surface area contributed by atoms with E-state index < -0.39 is 17.4 Å². The van der Waals surface area contributed by atoms with Gasteiger partial charge in [0.25, 0.3) is 0 Å². The van der Waals surface area contributed by atoms with Crippen molar-refractivity contribution < 1.29 is 19.5 Å². The molecule has 0 bridgehead atoms. The summed E-state index contributed by atoms with van der Waals surface area (Å²) in [6.45, 7) is 2.41. The third kappa shape index (κ3) is 3.72. The first-order chi connectivity index (χ1) is 12.4. The molecule has 3 rings (SSSR count). The maximum Gasteiger partial charge on any atom is 0.330 e. The fourth-order valence-electron chi connectivity index (χ4n) is 3.49. The minimum Gasteiger partial charge on any atom is -0.479 e. The summed E-state index contributed by atoms with van der Waals surface area (Å²) in [6, 6.07) is 7.84. The minimum atomic E-state index is -1.19. The number of aryl methyl sites for hydroxylation is 1. The molecule has 2 unspecified atom stereocenters. The van der Waals surface area contributed by atoms with Crippen LogP contribution in [0, 0.1) is 5.92 Å². The van der Waals surface area contributed by atoms with Gasteiger partial charge in [0.05, 0.1) is 5.92 Å². The lowest BCUT2D eigenvalue weighted by atomic mass is 9.97. The van der Waals surface area contributed by atoms with Gasteiger partial charge in [-0.15, -0.1) is 0 Å². The highest BCUT2D eigenvalue weighted by Crippen LogP contribution is 2.30. The van der Waals surface area contributed by atoms with E-state index in [1.165, 1.54) is 17.3 Å². The second-order valence-electron chi connectivity index (χ2n) is 7.00. The smallest absolute Gasteiger partial charge is 0.330 e. The normalized spacial score (nSPS) is 25.5. The maximum atomic E-state index is 12.6. The monoisotopic (exact) mass is 376 g/mol. The van der Waals surface area contributed by atoms with Gasteiger partial charge in [-0.3, -0.25) is 9.59 Å². The SMILES string of the molecule is CCCc1ccc(N2CC(C(=O)NC3(C(=O)O)CCSC3)CC2=O)cc1. The Kier molecular flexibility index (Phi) is 5.55. The van der Waals surface area contributed by atoms with Crippen molar-refractivity contribution in [1.29, 1.82) is 0 Å². The number of nitrogens with one attached hydrogen (secondary N) is 1. The molecule has 7 heteroatoms.